The second kappa shape index (κ2) is 23.9. The first-order chi connectivity index (χ1) is 24.2. The summed E-state index contributed by atoms with van der Waals surface area (Å²) in [6.07, 6.45) is 5.64. The normalized spacial score (nSPS) is 9.78. The number of hydrogen-bond acceptors (Lipinski definition) is 11. The largest absolute Gasteiger partial charge is 0.463 e. The maximum absolute atomic E-state index is 12.0. The van der Waals surface area contributed by atoms with Crippen LogP contribution in [0.25, 0.3) is 11.0 Å². The zero-order valence-corrected chi connectivity index (χ0v) is 28.6. The van der Waals surface area contributed by atoms with Gasteiger partial charge in [0.25, 0.3) is 0 Å². The first-order valence-electron chi connectivity index (χ1n) is 15.7. The van der Waals surface area contributed by atoms with E-state index in [1.165, 1.54) is 6.20 Å². The first kappa shape index (κ1) is 42.6. The Bertz CT molecular complexity index is 1870. The molecule has 2 N–H and O–H groups in total. The summed E-state index contributed by atoms with van der Waals surface area (Å²) >= 11 is 0. The van der Waals surface area contributed by atoms with E-state index in [4.69, 9.17) is 23.8 Å². The molecule has 51 heavy (non-hydrogen) atoms. The number of esters is 2. The molecule has 12 nitrogen and oxygen atoms in total. The Hall–Kier alpha value is -6.39. The van der Waals surface area contributed by atoms with Crippen molar-refractivity contribution in [2.75, 3.05) is 18.5 Å². The number of benzene rings is 2. The van der Waals surface area contributed by atoms with Gasteiger partial charge in [0.15, 0.2) is 0 Å². The maximum Gasteiger partial charge on any atom is 0.373 e. The number of hydrogen-bond donors (Lipinski definition) is 2. The molecule has 0 fully saturated rings. The molecule has 268 valence electrons. The predicted octanol–water partition coefficient (Wildman–Crippen LogP) is 7.60. The molecule has 12 heteroatoms. The van der Waals surface area contributed by atoms with Gasteiger partial charge in [-0.3, -0.25) is 9.78 Å². The molecule has 0 aliphatic rings. The molecule has 5 aromatic rings. The molecule has 0 unspecified atom stereocenters. The van der Waals surface area contributed by atoms with Gasteiger partial charge in [-0.15, -0.1) is 0 Å². The van der Waals surface area contributed by atoms with Crippen molar-refractivity contribution in [3.63, 3.8) is 0 Å². The standard InChI is InChI=1S/C13H18N2O2.C12H12N2O3.C12H10O.CO2.CH4/c1-4-11(13(16)17-5-2)8-15-12-7-6-10(3)14-9-12;1-3-17-12(16)8-6-13-9-5-4-7(2)14-10(9)11(8)15;1-3-7-11(8-4-1)13-12-9-5-2-6-10-12;2-1-3;/h6-9,15H,4-5H2,1-3H3;4-6H,3H2,1-2H3,(H,13,15);1-10H;;1H4/b11-8+;;;;. The Morgan fingerprint density at radius 1 is 0.824 bits per heavy atom. The van der Waals surface area contributed by atoms with Gasteiger partial charge in [-0.1, -0.05) is 50.7 Å². The van der Waals surface area contributed by atoms with Crippen LogP contribution in [0, 0.1) is 13.8 Å². The minimum Gasteiger partial charge on any atom is -0.463 e. The molecule has 0 saturated heterocycles. The van der Waals surface area contributed by atoms with Gasteiger partial charge in [-0.05, 0) is 82.6 Å². The maximum atomic E-state index is 12.0. The van der Waals surface area contributed by atoms with Crippen LogP contribution in [0.1, 0.15) is 56.4 Å². The fraction of sp³-hybridized carbons (Fsp3) is 0.231. The van der Waals surface area contributed by atoms with Crippen molar-refractivity contribution >= 4 is 34.8 Å². The number of rotatable bonds is 9. The Morgan fingerprint density at radius 2 is 1.39 bits per heavy atom. The SMILES string of the molecule is C.CCOC(=O)/C(=C/Nc1ccc(C)nc1)CC.CCOC(=O)c1c[nH]c2ccc(C)nc2c1=O.O=C=O.c1ccc(Oc2ccccc2)cc1. The third-order valence-corrected chi connectivity index (χ3v) is 6.33. The highest BCUT2D eigenvalue weighted by molar-refractivity contribution is 5.92. The summed E-state index contributed by atoms with van der Waals surface area (Å²) in [4.78, 5) is 62.4. The summed E-state index contributed by atoms with van der Waals surface area (Å²) in [5, 5.41) is 3.04. The minimum absolute atomic E-state index is 0. The third-order valence-electron chi connectivity index (χ3n) is 6.33. The summed E-state index contributed by atoms with van der Waals surface area (Å²) in [5.74, 6) is 0.837. The fourth-order valence-electron chi connectivity index (χ4n) is 3.92. The molecule has 0 aliphatic carbocycles. The van der Waals surface area contributed by atoms with E-state index in [9.17, 15) is 14.4 Å². The minimum atomic E-state index is -0.626. The number of fused-ring (bicyclic) bond motifs is 1. The molecule has 0 aliphatic heterocycles. The van der Waals surface area contributed by atoms with E-state index in [0.717, 1.165) is 28.6 Å². The number of nitrogens with one attached hydrogen (secondary N) is 2. The van der Waals surface area contributed by atoms with Crippen LogP contribution in [-0.4, -0.2) is 46.3 Å². The van der Waals surface area contributed by atoms with Crippen LogP contribution in [-0.2, 0) is 23.9 Å². The van der Waals surface area contributed by atoms with Crippen molar-refractivity contribution in [3.05, 3.63) is 136 Å². The van der Waals surface area contributed by atoms with Gasteiger partial charge in [-0.2, -0.15) is 9.59 Å². The average Bonchev–Trinajstić information content (AvgIpc) is 3.12. The van der Waals surface area contributed by atoms with Gasteiger partial charge < -0.3 is 24.5 Å². The number of aryl methyl sites for hydroxylation is 2. The summed E-state index contributed by atoms with van der Waals surface area (Å²) in [6, 6.07) is 26.9. The van der Waals surface area contributed by atoms with Crippen molar-refractivity contribution in [2.45, 2.75) is 48.5 Å². The number of ether oxygens (including phenoxy) is 3. The Balaban J connectivity index is 0.000000367. The lowest BCUT2D eigenvalue weighted by molar-refractivity contribution is -0.191. The summed E-state index contributed by atoms with van der Waals surface area (Å²) in [7, 11) is 0. The van der Waals surface area contributed by atoms with Crippen molar-refractivity contribution in [3.8, 4) is 11.5 Å². The molecule has 0 spiro atoms. The number of aromatic amines is 1. The molecule has 0 radical (unpaired) electrons. The quantitative estimate of drug-likeness (QED) is 0.115. The lowest BCUT2D eigenvalue weighted by Crippen LogP contribution is -2.19. The van der Waals surface area contributed by atoms with E-state index in [-0.39, 0.29) is 37.2 Å². The van der Waals surface area contributed by atoms with E-state index >= 15 is 0 Å². The number of carbonyl (C=O) groups is 2. The van der Waals surface area contributed by atoms with E-state index < -0.39 is 11.4 Å². The summed E-state index contributed by atoms with van der Waals surface area (Å²) in [5.41, 5.74) is 3.60. The number of carbonyl (C=O) groups excluding carboxylic acids is 4. The van der Waals surface area contributed by atoms with Crippen LogP contribution < -0.4 is 15.5 Å². The van der Waals surface area contributed by atoms with E-state index in [1.54, 1.807) is 45.3 Å². The smallest absolute Gasteiger partial charge is 0.373 e. The first-order valence-corrected chi connectivity index (χ1v) is 15.7. The lowest BCUT2D eigenvalue weighted by atomic mass is 10.2. The second-order valence-electron chi connectivity index (χ2n) is 9.99. The Morgan fingerprint density at radius 3 is 1.90 bits per heavy atom. The molecule has 3 heterocycles. The summed E-state index contributed by atoms with van der Waals surface area (Å²) in [6.45, 7) is 9.74. The Kier molecular flexibility index (Phi) is 19.9. The zero-order valence-electron chi connectivity index (χ0n) is 28.6. The van der Waals surface area contributed by atoms with Gasteiger partial charge in [0.2, 0.25) is 5.43 Å². The van der Waals surface area contributed by atoms with Crippen LogP contribution in [0.3, 0.4) is 0 Å². The number of anilines is 1. The molecule has 0 atom stereocenters. The van der Waals surface area contributed by atoms with E-state index in [1.807, 2.05) is 86.6 Å². The number of para-hydroxylation sites is 2. The topological polar surface area (TPSA) is 167 Å². The zero-order chi connectivity index (χ0) is 36.7. The van der Waals surface area contributed by atoms with Gasteiger partial charge in [0.1, 0.15) is 22.6 Å². The number of aromatic nitrogens is 3. The van der Waals surface area contributed by atoms with Gasteiger partial charge in [0, 0.05) is 23.8 Å². The molecular weight excluding hydrogens is 652 g/mol. The van der Waals surface area contributed by atoms with Gasteiger partial charge >= 0.3 is 18.1 Å². The van der Waals surface area contributed by atoms with Crippen LogP contribution in [0.2, 0.25) is 0 Å². The van der Waals surface area contributed by atoms with Crippen LogP contribution in [0.4, 0.5) is 5.69 Å². The van der Waals surface area contributed by atoms with Crippen molar-refractivity contribution in [1.29, 1.82) is 0 Å². The van der Waals surface area contributed by atoms with Crippen LogP contribution >= 0.6 is 0 Å². The predicted molar refractivity (Wildman–Crippen MR) is 195 cm³/mol. The highest BCUT2D eigenvalue weighted by Gasteiger charge is 2.14. The molecule has 0 bridgehead atoms. The molecule has 0 saturated carbocycles. The van der Waals surface area contributed by atoms with Crippen LogP contribution in [0.15, 0.2) is 114 Å². The molecular formula is C39H44N4O8. The lowest BCUT2D eigenvalue weighted by Gasteiger charge is -2.06. The number of H-pyrrole nitrogens is 1. The van der Waals surface area contributed by atoms with Crippen LogP contribution in [0.5, 0.6) is 11.5 Å². The van der Waals surface area contributed by atoms with E-state index in [2.05, 4.69) is 20.3 Å². The van der Waals surface area contributed by atoms with Gasteiger partial charge in [0.05, 0.1) is 36.2 Å². The Labute approximate surface area is 297 Å². The second-order valence-corrected chi connectivity index (χ2v) is 9.99. The molecule has 5 rings (SSSR count). The van der Waals surface area contributed by atoms with Crippen molar-refractivity contribution in [1.82, 2.24) is 15.0 Å². The van der Waals surface area contributed by atoms with E-state index in [0.29, 0.717) is 24.1 Å². The molecule has 0 amide bonds. The monoisotopic (exact) mass is 696 g/mol. The highest BCUT2D eigenvalue weighted by atomic mass is 16.5. The van der Waals surface area contributed by atoms with Crippen molar-refractivity contribution in [2.24, 2.45) is 0 Å². The van der Waals surface area contributed by atoms with Crippen molar-refractivity contribution < 1.29 is 33.4 Å². The molecule has 2 aromatic carbocycles. The fourth-order valence-corrected chi connectivity index (χ4v) is 3.92. The number of pyridine rings is 3. The number of nitrogens with zero attached hydrogens (tertiary/aromatic N) is 2. The highest BCUT2D eigenvalue weighted by Crippen LogP contribution is 2.19. The van der Waals surface area contributed by atoms with Gasteiger partial charge in [-0.25, -0.2) is 14.6 Å². The average molecular weight is 697 g/mol. The molecule has 3 aromatic heterocycles. The third kappa shape index (κ3) is 15.1. The summed E-state index contributed by atoms with van der Waals surface area (Å²) < 4.78 is 15.3.